The normalized spacial score (nSPS) is 12.4. The summed E-state index contributed by atoms with van der Waals surface area (Å²) in [7, 11) is 0. The average molecular weight is 649 g/mol. The highest BCUT2D eigenvalue weighted by atomic mass is 19.3. The molecule has 4 rings (SSSR count). The molecule has 3 N–H and O–H groups in total. The molecule has 0 aliphatic heterocycles. The van der Waals surface area contributed by atoms with Gasteiger partial charge < -0.3 is 19.9 Å². The lowest BCUT2D eigenvalue weighted by molar-refractivity contribution is -0.191. The van der Waals surface area contributed by atoms with E-state index in [0.29, 0.717) is 16.7 Å². The smallest absolute Gasteiger partial charge is 0.412 e. The van der Waals surface area contributed by atoms with Gasteiger partial charge in [0.25, 0.3) is 5.56 Å². The van der Waals surface area contributed by atoms with Crippen LogP contribution in [-0.2, 0) is 38.6 Å². The van der Waals surface area contributed by atoms with Crippen molar-refractivity contribution < 1.29 is 37.7 Å². The Kier molecular flexibility index (Phi) is 11.5. The molecular weight excluding hydrogens is 614 g/mol. The molecule has 0 saturated carbocycles. The van der Waals surface area contributed by atoms with Crippen LogP contribution in [0.1, 0.15) is 23.6 Å². The highest BCUT2D eigenvalue weighted by Gasteiger charge is 2.52. The van der Waals surface area contributed by atoms with Crippen LogP contribution in [0.3, 0.4) is 0 Å². The minimum atomic E-state index is -4.36. The number of halogens is 2. The second kappa shape index (κ2) is 15.7. The number of carbonyl (C=O) groups is 3. The first-order valence-corrected chi connectivity index (χ1v) is 14.7. The number of alkyl halides is 2. The standard InChI is InChI=1S/C34H34F2N4O7/c1-3-46-32(44)34(35,36)29(42)26(18-23-12-6-4-7-13-23)38-28(41)20-40-30(25-16-10-11-22(2)17-25)37-19-27(31(40)43)39-33(45)47-21-24-14-8-5-9-15-24/h4-17,19,26,29,42H,3,18,20-21H2,1-2H3,(H,38,41)(H,39,45). The number of hydrogen-bond donors (Lipinski definition) is 3. The second-order valence-electron chi connectivity index (χ2n) is 10.6. The Labute approximate surface area is 269 Å². The number of benzene rings is 3. The molecule has 13 heteroatoms. The third kappa shape index (κ3) is 9.07. The van der Waals surface area contributed by atoms with Gasteiger partial charge in [0.2, 0.25) is 5.91 Å². The van der Waals surface area contributed by atoms with Crippen molar-refractivity contribution in [3.05, 3.63) is 118 Å². The van der Waals surface area contributed by atoms with Crippen molar-refractivity contribution in [3.8, 4) is 11.4 Å². The van der Waals surface area contributed by atoms with E-state index in [4.69, 9.17) is 4.74 Å². The molecule has 3 aromatic carbocycles. The van der Waals surface area contributed by atoms with Crippen molar-refractivity contribution >= 4 is 23.7 Å². The summed E-state index contributed by atoms with van der Waals surface area (Å²) in [4.78, 5) is 56.0. The molecule has 0 radical (unpaired) electrons. The molecule has 0 saturated heterocycles. The molecule has 1 aromatic heterocycles. The van der Waals surface area contributed by atoms with Crippen LogP contribution in [0.2, 0.25) is 0 Å². The van der Waals surface area contributed by atoms with Gasteiger partial charge in [-0.05, 0) is 37.5 Å². The van der Waals surface area contributed by atoms with Crippen molar-refractivity contribution in [1.82, 2.24) is 14.9 Å². The number of amides is 2. The second-order valence-corrected chi connectivity index (χ2v) is 10.6. The zero-order valence-corrected chi connectivity index (χ0v) is 25.7. The van der Waals surface area contributed by atoms with E-state index in [-0.39, 0.29) is 31.1 Å². The number of ether oxygens (including phenoxy) is 2. The molecule has 4 aromatic rings. The van der Waals surface area contributed by atoms with E-state index in [1.165, 1.54) is 6.92 Å². The minimum absolute atomic E-state index is 0.0501. The number of aryl methyl sites for hydroxylation is 1. The van der Waals surface area contributed by atoms with E-state index in [1.807, 2.05) is 13.0 Å². The predicted octanol–water partition coefficient (Wildman–Crippen LogP) is 4.25. The number of anilines is 1. The van der Waals surface area contributed by atoms with Crippen LogP contribution in [0.5, 0.6) is 0 Å². The average Bonchev–Trinajstić information content (AvgIpc) is 3.06. The number of aromatic nitrogens is 2. The largest absolute Gasteiger partial charge is 0.461 e. The lowest BCUT2D eigenvalue weighted by Gasteiger charge is -2.29. The van der Waals surface area contributed by atoms with Crippen LogP contribution < -0.4 is 16.2 Å². The van der Waals surface area contributed by atoms with Crippen molar-refractivity contribution in [2.24, 2.45) is 0 Å². The van der Waals surface area contributed by atoms with Gasteiger partial charge in [0.1, 0.15) is 30.8 Å². The van der Waals surface area contributed by atoms with Crippen LogP contribution in [0.15, 0.2) is 95.9 Å². The summed E-state index contributed by atoms with van der Waals surface area (Å²) >= 11 is 0. The minimum Gasteiger partial charge on any atom is -0.461 e. The quantitative estimate of drug-likeness (QED) is 0.182. The summed E-state index contributed by atoms with van der Waals surface area (Å²) in [6, 6.07) is 22.3. The molecule has 2 atom stereocenters. The summed E-state index contributed by atoms with van der Waals surface area (Å²) in [5, 5.41) is 15.4. The van der Waals surface area contributed by atoms with Gasteiger partial charge in [-0.15, -0.1) is 0 Å². The van der Waals surface area contributed by atoms with Crippen LogP contribution >= 0.6 is 0 Å². The predicted molar refractivity (Wildman–Crippen MR) is 169 cm³/mol. The van der Waals surface area contributed by atoms with E-state index in [0.717, 1.165) is 16.3 Å². The summed E-state index contributed by atoms with van der Waals surface area (Å²) in [5.41, 5.74) is 1.35. The Morgan fingerprint density at radius 2 is 1.62 bits per heavy atom. The third-order valence-electron chi connectivity index (χ3n) is 7.02. The zero-order chi connectivity index (χ0) is 34.0. The molecule has 2 amide bonds. The van der Waals surface area contributed by atoms with Gasteiger partial charge >= 0.3 is 18.0 Å². The zero-order valence-electron chi connectivity index (χ0n) is 25.7. The summed E-state index contributed by atoms with van der Waals surface area (Å²) in [5.74, 6) is -7.21. The van der Waals surface area contributed by atoms with Gasteiger partial charge in [-0.3, -0.25) is 19.5 Å². The molecule has 0 fully saturated rings. The van der Waals surface area contributed by atoms with Gasteiger partial charge in [0.05, 0.1) is 18.8 Å². The number of nitrogens with zero attached hydrogens (tertiary/aromatic N) is 2. The van der Waals surface area contributed by atoms with Crippen molar-refractivity contribution in [2.45, 2.75) is 51.5 Å². The first kappa shape index (κ1) is 34.4. The summed E-state index contributed by atoms with van der Waals surface area (Å²) < 4.78 is 40.5. The van der Waals surface area contributed by atoms with Gasteiger partial charge in [-0.1, -0.05) is 84.4 Å². The molecule has 246 valence electrons. The lowest BCUT2D eigenvalue weighted by Crippen LogP contribution is -2.56. The van der Waals surface area contributed by atoms with Crippen LogP contribution in [0, 0.1) is 6.92 Å². The number of aliphatic hydroxyl groups is 1. The number of esters is 1. The fourth-order valence-corrected chi connectivity index (χ4v) is 4.71. The Morgan fingerprint density at radius 3 is 2.26 bits per heavy atom. The Balaban J connectivity index is 1.63. The lowest BCUT2D eigenvalue weighted by atomic mass is 9.97. The number of aliphatic hydroxyl groups excluding tert-OH is 1. The van der Waals surface area contributed by atoms with E-state index >= 15 is 0 Å². The maximum Gasteiger partial charge on any atom is 0.412 e. The Hall–Kier alpha value is -5.43. The van der Waals surface area contributed by atoms with E-state index in [9.17, 15) is 33.1 Å². The van der Waals surface area contributed by atoms with Crippen molar-refractivity contribution in [1.29, 1.82) is 0 Å². The molecular formula is C34H34F2N4O7. The van der Waals surface area contributed by atoms with Crippen LogP contribution in [0.25, 0.3) is 11.4 Å². The van der Waals surface area contributed by atoms with Crippen molar-refractivity contribution in [3.63, 3.8) is 0 Å². The molecule has 0 bridgehead atoms. The highest BCUT2D eigenvalue weighted by Crippen LogP contribution is 2.25. The highest BCUT2D eigenvalue weighted by molar-refractivity contribution is 5.84. The van der Waals surface area contributed by atoms with Crippen LogP contribution in [0.4, 0.5) is 19.3 Å². The first-order valence-electron chi connectivity index (χ1n) is 14.7. The third-order valence-corrected chi connectivity index (χ3v) is 7.02. The molecule has 11 nitrogen and oxygen atoms in total. The van der Waals surface area contributed by atoms with E-state index in [1.54, 1.807) is 78.9 Å². The van der Waals surface area contributed by atoms with Crippen LogP contribution in [-0.4, -0.2) is 57.3 Å². The maximum absolute atomic E-state index is 15.0. The number of hydrogen-bond acceptors (Lipinski definition) is 8. The SMILES string of the molecule is CCOC(=O)C(F)(F)C(O)C(Cc1ccccc1)NC(=O)Cn1c(-c2cccc(C)c2)ncc(NC(=O)OCc2ccccc2)c1=O. The summed E-state index contributed by atoms with van der Waals surface area (Å²) in [6.45, 7) is 1.99. The maximum atomic E-state index is 15.0. The molecule has 2 unspecified atom stereocenters. The molecule has 1 heterocycles. The number of nitrogens with one attached hydrogen (secondary N) is 2. The number of rotatable bonds is 13. The monoisotopic (exact) mass is 648 g/mol. The molecule has 0 aliphatic carbocycles. The Morgan fingerprint density at radius 1 is 0.957 bits per heavy atom. The number of carbonyl (C=O) groups excluding carboxylic acids is 3. The first-order chi connectivity index (χ1) is 22.5. The van der Waals surface area contributed by atoms with Gasteiger partial charge in [0, 0.05) is 5.56 Å². The van der Waals surface area contributed by atoms with Gasteiger partial charge in [-0.2, -0.15) is 8.78 Å². The summed E-state index contributed by atoms with van der Waals surface area (Å²) in [6.07, 6.45) is -2.78. The molecule has 0 aliphatic rings. The van der Waals surface area contributed by atoms with Gasteiger partial charge in [0.15, 0.2) is 0 Å². The fourth-order valence-electron chi connectivity index (χ4n) is 4.71. The van der Waals surface area contributed by atoms with Crippen molar-refractivity contribution in [2.75, 3.05) is 11.9 Å². The molecule has 0 spiro atoms. The fraction of sp³-hybridized carbons (Fsp3) is 0.265. The van der Waals surface area contributed by atoms with E-state index < -0.39 is 48.1 Å². The van der Waals surface area contributed by atoms with E-state index in [2.05, 4.69) is 20.4 Å². The Bertz CT molecular complexity index is 1750. The van der Waals surface area contributed by atoms with Gasteiger partial charge in [-0.25, -0.2) is 14.6 Å². The molecule has 47 heavy (non-hydrogen) atoms. The topological polar surface area (TPSA) is 149 Å².